The first-order valence-electron chi connectivity index (χ1n) is 12.2. The number of oxazole rings is 1. The Bertz CT molecular complexity index is 1490. The van der Waals surface area contributed by atoms with Crippen molar-refractivity contribution in [3.63, 3.8) is 0 Å². The van der Waals surface area contributed by atoms with Crippen LogP contribution in [0.5, 0.6) is 0 Å². The number of carbonyl (C=O) groups excluding carboxylic acids is 1. The summed E-state index contributed by atoms with van der Waals surface area (Å²) in [6.07, 6.45) is 0.567. The second-order valence-electron chi connectivity index (χ2n) is 9.56. The van der Waals surface area contributed by atoms with Crippen molar-refractivity contribution in [1.82, 2.24) is 15.0 Å². The molecule has 0 radical (unpaired) electrons. The quantitative estimate of drug-likeness (QED) is 0.391. The maximum absolute atomic E-state index is 13.2. The van der Waals surface area contributed by atoms with Gasteiger partial charge in [-0.2, -0.15) is 0 Å². The van der Waals surface area contributed by atoms with E-state index in [0.29, 0.717) is 46.7 Å². The highest BCUT2D eigenvalue weighted by Gasteiger charge is 2.39. The third kappa shape index (κ3) is 4.43. The minimum atomic E-state index is -2.54. The molecule has 0 bridgehead atoms. The van der Waals surface area contributed by atoms with Gasteiger partial charge in [-0.15, -0.1) is 0 Å². The van der Waals surface area contributed by atoms with Crippen LogP contribution in [0.4, 0.5) is 26.1 Å². The molecule has 4 aromatic rings. The van der Waals surface area contributed by atoms with Crippen molar-refractivity contribution in [1.29, 1.82) is 0 Å². The molecule has 2 fully saturated rings. The Morgan fingerprint density at radius 2 is 2.03 bits per heavy atom. The van der Waals surface area contributed by atoms with Gasteiger partial charge in [-0.3, -0.25) is 4.79 Å². The lowest BCUT2D eigenvalue weighted by Crippen LogP contribution is -2.45. The monoisotopic (exact) mass is 508 g/mol. The number of anilines is 3. The van der Waals surface area contributed by atoms with Gasteiger partial charge in [0.15, 0.2) is 5.58 Å². The number of carbonyl (C=O) groups is 1. The number of rotatable bonds is 6. The van der Waals surface area contributed by atoms with Gasteiger partial charge in [0.05, 0.1) is 12.2 Å². The molecule has 2 N–H and O–H groups in total. The number of alkyl halides is 2. The van der Waals surface area contributed by atoms with Gasteiger partial charge in [0.2, 0.25) is 11.8 Å². The molecule has 11 heteroatoms. The Morgan fingerprint density at radius 3 is 2.78 bits per heavy atom. The van der Waals surface area contributed by atoms with Crippen LogP contribution in [0.2, 0.25) is 0 Å². The standard InChI is InChI=1S/C26H26F2N6O3/c1-13-7-15(13)25(35)33-22-9-16-17(10-30-22)24(29-2)31-11-18(16)26-32-19-8-14(3-4-20(19)37-26)34-5-6-36-21(12-34)23(27)28/h3-4,8-11,13,15,21,23H,5-7,12H2,1-2H3,(H,29,31)(H,30,33,35)/t13-,15+,21?/m1/s1. The van der Waals surface area contributed by atoms with Crippen LogP contribution in [-0.4, -0.2) is 60.1 Å². The number of amides is 1. The zero-order chi connectivity index (χ0) is 25.7. The van der Waals surface area contributed by atoms with E-state index < -0.39 is 12.5 Å². The SMILES string of the molecule is CNc1ncc(-c2nc3cc(N4CCOC(C(F)F)C4)ccc3o2)c2cc(NC(=O)[C@H]3C[C@H]3C)ncc12. The highest BCUT2D eigenvalue weighted by Crippen LogP contribution is 2.39. The first kappa shape index (κ1) is 23.5. The molecule has 1 amide bonds. The van der Waals surface area contributed by atoms with E-state index in [1.807, 2.05) is 17.0 Å². The third-order valence-corrected chi connectivity index (χ3v) is 7.05. The number of benzene rings is 1. The lowest BCUT2D eigenvalue weighted by Gasteiger charge is -2.34. The van der Waals surface area contributed by atoms with Gasteiger partial charge >= 0.3 is 0 Å². The summed E-state index contributed by atoms with van der Waals surface area (Å²) in [4.78, 5) is 28.0. The second kappa shape index (κ2) is 9.22. The summed E-state index contributed by atoms with van der Waals surface area (Å²) in [5, 5.41) is 7.51. The number of nitrogens with zero attached hydrogens (tertiary/aromatic N) is 4. The maximum atomic E-state index is 13.2. The second-order valence-corrected chi connectivity index (χ2v) is 9.56. The third-order valence-electron chi connectivity index (χ3n) is 7.05. The summed E-state index contributed by atoms with van der Waals surface area (Å²) < 4.78 is 37.6. The molecule has 37 heavy (non-hydrogen) atoms. The van der Waals surface area contributed by atoms with E-state index in [2.05, 4.69) is 27.5 Å². The predicted molar refractivity (Wildman–Crippen MR) is 136 cm³/mol. The largest absolute Gasteiger partial charge is 0.436 e. The van der Waals surface area contributed by atoms with Crippen LogP contribution in [-0.2, 0) is 9.53 Å². The van der Waals surface area contributed by atoms with E-state index >= 15 is 0 Å². The molecule has 1 aliphatic carbocycles. The van der Waals surface area contributed by atoms with E-state index in [0.717, 1.165) is 22.9 Å². The Balaban J connectivity index is 1.36. The number of halogens is 2. The molecule has 2 aliphatic rings. The average Bonchev–Trinajstić information content (AvgIpc) is 3.50. The van der Waals surface area contributed by atoms with Crippen molar-refractivity contribution in [2.24, 2.45) is 11.8 Å². The molecule has 3 aromatic heterocycles. The highest BCUT2D eigenvalue weighted by atomic mass is 19.3. The minimum absolute atomic E-state index is 0.0240. The maximum Gasteiger partial charge on any atom is 0.266 e. The van der Waals surface area contributed by atoms with E-state index in [1.165, 1.54) is 0 Å². The number of hydrogen-bond donors (Lipinski definition) is 2. The molecule has 4 heterocycles. The van der Waals surface area contributed by atoms with Crippen molar-refractivity contribution in [2.45, 2.75) is 25.9 Å². The summed E-state index contributed by atoms with van der Waals surface area (Å²) in [5.74, 6) is 1.83. The van der Waals surface area contributed by atoms with Gasteiger partial charge < -0.3 is 24.7 Å². The minimum Gasteiger partial charge on any atom is -0.436 e. The molecule has 9 nitrogen and oxygen atoms in total. The lowest BCUT2D eigenvalue weighted by molar-refractivity contribution is -0.117. The summed E-state index contributed by atoms with van der Waals surface area (Å²) in [5.41, 5.74) is 2.59. The molecular weight excluding hydrogens is 482 g/mol. The topological polar surface area (TPSA) is 105 Å². The van der Waals surface area contributed by atoms with Crippen molar-refractivity contribution in [2.75, 3.05) is 42.3 Å². The van der Waals surface area contributed by atoms with Gasteiger partial charge in [0.25, 0.3) is 6.43 Å². The van der Waals surface area contributed by atoms with E-state index in [9.17, 15) is 13.6 Å². The average molecular weight is 509 g/mol. The van der Waals surface area contributed by atoms with E-state index in [1.54, 1.807) is 31.6 Å². The molecule has 1 aromatic carbocycles. The number of hydrogen-bond acceptors (Lipinski definition) is 8. The fourth-order valence-corrected chi connectivity index (χ4v) is 4.77. The number of pyridine rings is 2. The molecule has 3 atom stereocenters. The highest BCUT2D eigenvalue weighted by molar-refractivity contribution is 6.03. The van der Waals surface area contributed by atoms with Crippen LogP contribution in [0, 0.1) is 11.8 Å². The summed E-state index contributed by atoms with van der Waals surface area (Å²) in [7, 11) is 1.77. The Morgan fingerprint density at radius 1 is 1.19 bits per heavy atom. The summed E-state index contributed by atoms with van der Waals surface area (Å²) in [6, 6.07) is 7.26. The normalized spacial score (nSPS) is 21.5. The Hall–Kier alpha value is -3.86. The summed E-state index contributed by atoms with van der Waals surface area (Å²) in [6.45, 7) is 2.91. The lowest BCUT2D eigenvalue weighted by atomic mass is 10.1. The Labute approximate surface area is 211 Å². The van der Waals surface area contributed by atoms with Crippen molar-refractivity contribution in [3.8, 4) is 11.5 Å². The van der Waals surface area contributed by atoms with Crippen LogP contribution in [0.3, 0.4) is 0 Å². The van der Waals surface area contributed by atoms with Gasteiger partial charge in [-0.25, -0.2) is 23.7 Å². The van der Waals surface area contributed by atoms with Crippen LogP contribution in [0.25, 0.3) is 33.3 Å². The first-order valence-corrected chi connectivity index (χ1v) is 12.2. The van der Waals surface area contributed by atoms with Crippen LogP contribution in [0.1, 0.15) is 13.3 Å². The fraction of sp³-hybridized carbons (Fsp3) is 0.385. The molecule has 1 aliphatic heterocycles. The zero-order valence-corrected chi connectivity index (χ0v) is 20.4. The van der Waals surface area contributed by atoms with E-state index in [-0.39, 0.29) is 25.0 Å². The fourth-order valence-electron chi connectivity index (χ4n) is 4.77. The van der Waals surface area contributed by atoms with Gasteiger partial charge in [0.1, 0.15) is 23.3 Å². The van der Waals surface area contributed by atoms with Crippen LogP contribution in [0.15, 0.2) is 41.1 Å². The number of aromatic nitrogens is 3. The van der Waals surface area contributed by atoms with Crippen molar-refractivity contribution < 1.29 is 22.7 Å². The molecule has 1 unspecified atom stereocenters. The van der Waals surface area contributed by atoms with Crippen LogP contribution >= 0.6 is 0 Å². The molecule has 1 saturated carbocycles. The zero-order valence-electron chi connectivity index (χ0n) is 20.4. The number of ether oxygens (including phenoxy) is 1. The number of morpholine rings is 1. The van der Waals surface area contributed by atoms with Gasteiger partial charge in [0, 0.05) is 54.9 Å². The Kier molecular flexibility index (Phi) is 5.86. The molecular formula is C26H26F2N6O3. The van der Waals surface area contributed by atoms with Crippen molar-refractivity contribution in [3.05, 3.63) is 36.7 Å². The van der Waals surface area contributed by atoms with Gasteiger partial charge in [-0.1, -0.05) is 6.92 Å². The smallest absolute Gasteiger partial charge is 0.266 e. The van der Waals surface area contributed by atoms with E-state index in [4.69, 9.17) is 14.1 Å². The number of fused-ring (bicyclic) bond motifs is 2. The molecule has 0 spiro atoms. The van der Waals surface area contributed by atoms with Gasteiger partial charge in [-0.05, 0) is 36.6 Å². The first-order chi connectivity index (χ1) is 17.9. The van der Waals surface area contributed by atoms with Crippen LogP contribution < -0.4 is 15.5 Å². The predicted octanol–water partition coefficient (Wildman–Crippen LogP) is 4.54. The summed E-state index contributed by atoms with van der Waals surface area (Å²) >= 11 is 0. The molecule has 6 rings (SSSR count). The molecule has 192 valence electrons. The molecule has 1 saturated heterocycles. The number of nitrogens with one attached hydrogen (secondary N) is 2. The van der Waals surface area contributed by atoms with Crippen molar-refractivity contribution >= 4 is 45.1 Å².